The first-order valence-corrected chi connectivity index (χ1v) is 5.88. The number of ether oxygens (including phenoxy) is 2. The van der Waals surface area contributed by atoms with Crippen LogP contribution in [0.25, 0.3) is 0 Å². The third-order valence-electron chi connectivity index (χ3n) is 2.52. The number of rotatable bonds is 3. The topological polar surface area (TPSA) is 64.6 Å². The summed E-state index contributed by atoms with van der Waals surface area (Å²) in [6.45, 7) is 7.93. The Hall–Kier alpha value is -1.10. The van der Waals surface area contributed by atoms with Crippen LogP contribution in [-0.4, -0.2) is 36.7 Å². The van der Waals surface area contributed by atoms with Gasteiger partial charge in [0.05, 0.1) is 0 Å². The second kappa shape index (κ2) is 5.49. The molecule has 5 nitrogen and oxygen atoms in total. The number of hydrogen-bond acceptors (Lipinski definition) is 4. The minimum Gasteiger partial charge on any atom is -0.444 e. The Labute approximate surface area is 102 Å². The first-order valence-electron chi connectivity index (χ1n) is 5.88. The predicted octanol–water partition coefficient (Wildman–Crippen LogP) is 1.51. The van der Waals surface area contributed by atoms with Gasteiger partial charge in [0.15, 0.2) is 5.78 Å². The van der Waals surface area contributed by atoms with Crippen molar-refractivity contribution in [3.05, 3.63) is 0 Å². The maximum atomic E-state index is 11.4. The number of nitrogens with one attached hydrogen (secondary N) is 1. The average Bonchev–Trinajstić information content (AvgIpc) is 2.59. The lowest BCUT2D eigenvalue weighted by atomic mass is 9.99. The van der Waals surface area contributed by atoms with Crippen molar-refractivity contribution in [1.29, 1.82) is 0 Å². The van der Waals surface area contributed by atoms with E-state index in [2.05, 4.69) is 5.32 Å². The Bertz CT molecular complexity index is 295. The number of hydrogen-bond donors (Lipinski definition) is 1. The molecule has 0 bridgehead atoms. The normalized spacial score (nSPS) is 24.5. The molecule has 1 rings (SSSR count). The summed E-state index contributed by atoms with van der Waals surface area (Å²) in [5, 5.41) is 2.67. The molecule has 0 saturated carbocycles. The molecular formula is C12H21NO4. The molecule has 2 atom stereocenters. The van der Waals surface area contributed by atoms with Crippen LogP contribution in [-0.2, 0) is 14.3 Å². The maximum Gasteiger partial charge on any atom is 0.407 e. The lowest BCUT2D eigenvalue weighted by Crippen LogP contribution is -2.38. The number of carbonyl (C=O) groups is 2. The third kappa shape index (κ3) is 4.73. The van der Waals surface area contributed by atoms with Gasteiger partial charge >= 0.3 is 6.09 Å². The highest BCUT2D eigenvalue weighted by atomic mass is 16.6. The smallest absolute Gasteiger partial charge is 0.407 e. The number of ketones is 1. The molecule has 0 aromatic heterocycles. The molecule has 5 heteroatoms. The molecule has 0 aromatic rings. The first-order chi connectivity index (χ1) is 7.79. The second-order valence-electron chi connectivity index (χ2n) is 5.33. The zero-order chi connectivity index (χ0) is 13.1. The van der Waals surface area contributed by atoms with E-state index >= 15 is 0 Å². The molecule has 1 heterocycles. The molecule has 98 valence electrons. The number of carbonyl (C=O) groups excluding carboxylic acids is 2. The third-order valence-corrected chi connectivity index (χ3v) is 2.52. The lowest BCUT2D eigenvalue weighted by Gasteiger charge is -2.21. The minimum atomic E-state index is -0.504. The van der Waals surface area contributed by atoms with Crippen LogP contribution in [0.15, 0.2) is 0 Å². The van der Waals surface area contributed by atoms with E-state index in [0.29, 0.717) is 13.2 Å². The largest absolute Gasteiger partial charge is 0.444 e. The van der Waals surface area contributed by atoms with Crippen LogP contribution in [0.1, 0.15) is 34.1 Å². The Morgan fingerprint density at radius 3 is 2.59 bits per heavy atom. The summed E-state index contributed by atoms with van der Waals surface area (Å²) in [5.41, 5.74) is -0.504. The van der Waals surface area contributed by atoms with Gasteiger partial charge in [-0.3, -0.25) is 4.79 Å². The quantitative estimate of drug-likeness (QED) is 0.816. The lowest BCUT2D eigenvalue weighted by molar-refractivity contribution is -0.127. The molecule has 0 aromatic carbocycles. The van der Waals surface area contributed by atoms with E-state index in [4.69, 9.17) is 9.47 Å². The molecule has 17 heavy (non-hydrogen) atoms. The summed E-state index contributed by atoms with van der Waals surface area (Å²) in [6.07, 6.45) is -0.0447. The van der Waals surface area contributed by atoms with Gasteiger partial charge in [-0.05, 0) is 34.1 Å². The molecule has 0 unspecified atom stereocenters. The summed E-state index contributed by atoms with van der Waals surface area (Å²) in [7, 11) is 0. The highest BCUT2D eigenvalue weighted by molar-refractivity contribution is 5.81. The van der Waals surface area contributed by atoms with E-state index in [9.17, 15) is 9.59 Å². The summed E-state index contributed by atoms with van der Waals surface area (Å²) in [4.78, 5) is 22.7. The Morgan fingerprint density at radius 1 is 1.41 bits per heavy atom. The first kappa shape index (κ1) is 14.0. The van der Waals surface area contributed by atoms with Gasteiger partial charge in [0.1, 0.15) is 11.7 Å². The van der Waals surface area contributed by atoms with Gasteiger partial charge in [-0.1, -0.05) is 0 Å². The van der Waals surface area contributed by atoms with Crippen molar-refractivity contribution in [2.45, 2.75) is 45.8 Å². The summed E-state index contributed by atoms with van der Waals surface area (Å²) >= 11 is 0. The molecule has 0 spiro atoms. The van der Waals surface area contributed by atoms with E-state index in [1.54, 1.807) is 0 Å². The average molecular weight is 243 g/mol. The molecule has 1 saturated heterocycles. The van der Waals surface area contributed by atoms with E-state index in [1.165, 1.54) is 6.92 Å². The summed E-state index contributed by atoms with van der Waals surface area (Å²) in [5.74, 6) is 0.0681. The number of alkyl carbamates (subject to hydrolysis) is 1. The fourth-order valence-corrected chi connectivity index (χ4v) is 1.82. The van der Waals surface area contributed by atoms with E-state index in [1.807, 2.05) is 20.8 Å². The van der Waals surface area contributed by atoms with Gasteiger partial charge in [-0.25, -0.2) is 4.79 Å². The van der Waals surface area contributed by atoms with Gasteiger partial charge in [-0.2, -0.15) is 0 Å². The second-order valence-corrected chi connectivity index (χ2v) is 5.33. The van der Waals surface area contributed by atoms with Gasteiger partial charge in [-0.15, -0.1) is 0 Å². The summed E-state index contributed by atoms with van der Waals surface area (Å²) in [6, 6.07) is 0. The molecule has 1 aliphatic rings. The highest BCUT2D eigenvalue weighted by Gasteiger charge is 2.32. The highest BCUT2D eigenvalue weighted by Crippen LogP contribution is 2.21. The van der Waals surface area contributed by atoms with Crippen LogP contribution in [0.3, 0.4) is 0 Å². The zero-order valence-corrected chi connectivity index (χ0v) is 10.9. The van der Waals surface area contributed by atoms with Crippen LogP contribution in [0.2, 0.25) is 0 Å². The van der Waals surface area contributed by atoms with Crippen molar-refractivity contribution < 1.29 is 19.1 Å². The number of amides is 1. The van der Waals surface area contributed by atoms with Crippen molar-refractivity contribution in [2.75, 3.05) is 13.2 Å². The van der Waals surface area contributed by atoms with Gasteiger partial charge < -0.3 is 14.8 Å². The zero-order valence-electron chi connectivity index (χ0n) is 10.9. The maximum absolute atomic E-state index is 11.4. The number of Topliss-reactive ketones (excluding diaryl/α,β-unsaturated/α-hetero) is 1. The van der Waals surface area contributed by atoms with Gasteiger partial charge in [0, 0.05) is 19.1 Å². The fourth-order valence-electron chi connectivity index (χ4n) is 1.82. The van der Waals surface area contributed by atoms with Crippen molar-refractivity contribution in [2.24, 2.45) is 5.92 Å². The minimum absolute atomic E-state index is 0.0125. The van der Waals surface area contributed by atoms with Crippen LogP contribution in [0.5, 0.6) is 0 Å². The molecule has 1 amide bonds. The van der Waals surface area contributed by atoms with E-state index in [-0.39, 0.29) is 17.8 Å². The van der Waals surface area contributed by atoms with Crippen LogP contribution < -0.4 is 5.32 Å². The Kier molecular flexibility index (Phi) is 4.51. The van der Waals surface area contributed by atoms with E-state index < -0.39 is 11.7 Å². The van der Waals surface area contributed by atoms with E-state index in [0.717, 1.165) is 6.42 Å². The molecule has 1 N–H and O–H groups in total. The molecule has 1 aliphatic heterocycles. The Balaban J connectivity index is 2.35. The molecule has 0 aliphatic carbocycles. The van der Waals surface area contributed by atoms with Crippen molar-refractivity contribution in [3.63, 3.8) is 0 Å². The Morgan fingerprint density at radius 2 is 2.06 bits per heavy atom. The van der Waals surface area contributed by atoms with Crippen LogP contribution >= 0.6 is 0 Å². The fraction of sp³-hybridized carbons (Fsp3) is 0.833. The van der Waals surface area contributed by atoms with Crippen LogP contribution in [0.4, 0.5) is 4.79 Å². The van der Waals surface area contributed by atoms with Gasteiger partial charge in [0.25, 0.3) is 0 Å². The van der Waals surface area contributed by atoms with Gasteiger partial charge in [0.2, 0.25) is 0 Å². The van der Waals surface area contributed by atoms with Crippen molar-refractivity contribution >= 4 is 11.9 Å². The predicted molar refractivity (Wildman–Crippen MR) is 62.8 cm³/mol. The van der Waals surface area contributed by atoms with Crippen molar-refractivity contribution in [3.8, 4) is 0 Å². The van der Waals surface area contributed by atoms with Crippen LogP contribution in [0, 0.1) is 5.92 Å². The molecule has 1 fully saturated rings. The standard InChI is InChI=1S/C12H21NO4/c1-8(14)10-9(5-6-16-10)7-13-11(15)17-12(2,3)4/h9-10H,5-7H2,1-4H3,(H,13,15)/t9-,10+/m0/s1. The monoisotopic (exact) mass is 243 g/mol. The molecular weight excluding hydrogens is 222 g/mol. The molecule has 0 radical (unpaired) electrons. The summed E-state index contributed by atoms with van der Waals surface area (Å²) < 4.78 is 10.4. The SMILES string of the molecule is CC(=O)[C@H]1OCC[C@H]1CNC(=O)OC(C)(C)C. The van der Waals surface area contributed by atoms with Crippen molar-refractivity contribution in [1.82, 2.24) is 5.32 Å².